The zero-order valence-electron chi connectivity index (χ0n) is 12.7. The Kier molecular flexibility index (Phi) is 6.34. The first-order chi connectivity index (χ1) is 9.20. The van der Waals surface area contributed by atoms with Gasteiger partial charge in [-0.25, -0.2) is 0 Å². The van der Waals surface area contributed by atoms with E-state index in [-0.39, 0.29) is 0 Å². The summed E-state index contributed by atoms with van der Waals surface area (Å²) in [4.78, 5) is 0. The van der Waals surface area contributed by atoms with Crippen molar-refractivity contribution in [3.63, 3.8) is 0 Å². The molecule has 2 fully saturated rings. The van der Waals surface area contributed by atoms with Crippen molar-refractivity contribution in [2.24, 2.45) is 11.8 Å². The third-order valence-electron chi connectivity index (χ3n) is 5.19. The largest absolute Gasteiger partial charge is 0.316 e. The predicted octanol–water partition coefficient (Wildman–Crippen LogP) is 3.48. The minimum Gasteiger partial charge on any atom is -0.316 e. The van der Waals surface area contributed by atoms with Crippen molar-refractivity contribution in [1.82, 2.24) is 5.32 Å². The first-order valence-corrected chi connectivity index (χ1v) is 9.63. The molecule has 4 unspecified atom stereocenters. The lowest BCUT2D eigenvalue weighted by molar-refractivity contribution is 0.293. The highest BCUT2D eigenvalue weighted by Crippen LogP contribution is 2.30. The van der Waals surface area contributed by atoms with Gasteiger partial charge in [-0.2, -0.15) is 0 Å². The third kappa shape index (κ3) is 4.56. The minimum absolute atomic E-state index is 0.475. The number of hydrogen-bond acceptors (Lipinski definition) is 2. The van der Waals surface area contributed by atoms with Gasteiger partial charge in [0.15, 0.2) is 0 Å². The molecule has 4 atom stereocenters. The Hall–Kier alpha value is 0.110. The van der Waals surface area contributed by atoms with Gasteiger partial charge in [-0.05, 0) is 44.6 Å². The van der Waals surface area contributed by atoms with Crippen molar-refractivity contribution >= 4 is 10.8 Å². The lowest BCUT2D eigenvalue weighted by Crippen LogP contribution is -2.41. The van der Waals surface area contributed by atoms with Gasteiger partial charge < -0.3 is 5.32 Å². The Morgan fingerprint density at radius 1 is 1.11 bits per heavy atom. The average molecular weight is 285 g/mol. The summed E-state index contributed by atoms with van der Waals surface area (Å²) in [6.07, 6.45) is 11.8. The molecule has 0 aliphatic heterocycles. The normalized spacial score (nSPS) is 32.9. The van der Waals surface area contributed by atoms with Gasteiger partial charge in [0.05, 0.1) is 0 Å². The lowest BCUT2D eigenvalue weighted by atomic mass is 9.84. The number of rotatable bonds is 5. The maximum Gasteiger partial charge on any atom is 0.0394 e. The topological polar surface area (TPSA) is 29.1 Å². The van der Waals surface area contributed by atoms with Crippen molar-refractivity contribution in [3.05, 3.63) is 0 Å². The highest BCUT2D eigenvalue weighted by molar-refractivity contribution is 7.85. The van der Waals surface area contributed by atoms with Crippen molar-refractivity contribution in [1.29, 1.82) is 0 Å². The summed E-state index contributed by atoms with van der Waals surface area (Å²) in [7, 11) is 1.43. The molecule has 0 bridgehead atoms. The number of hydrogen-bond donors (Lipinski definition) is 1. The van der Waals surface area contributed by atoms with E-state index in [0.29, 0.717) is 11.3 Å². The van der Waals surface area contributed by atoms with E-state index in [2.05, 4.69) is 19.3 Å². The third-order valence-corrected chi connectivity index (χ3v) is 7.05. The highest BCUT2D eigenvalue weighted by atomic mass is 32.2. The number of nitrogens with one attached hydrogen (secondary N) is 1. The van der Waals surface area contributed by atoms with Gasteiger partial charge in [-0.1, -0.05) is 39.0 Å². The maximum absolute atomic E-state index is 12.6. The summed E-state index contributed by atoms with van der Waals surface area (Å²) in [6, 6.07) is 0.485. The second kappa shape index (κ2) is 7.78. The van der Waals surface area contributed by atoms with E-state index in [0.717, 1.165) is 17.6 Å². The van der Waals surface area contributed by atoms with Crippen LogP contribution in [-0.4, -0.2) is 28.3 Å². The van der Waals surface area contributed by atoms with E-state index in [9.17, 15) is 4.21 Å². The Bertz CT molecular complexity index is 288. The van der Waals surface area contributed by atoms with Crippen molar-refractivity contribution in [3.8, 4) is 0 Å². The van der Waals surface area contributed by atoms with Crippen LogP contribution in [0.5, 0.6) is 0 Å². The van der Waals surface area contributed by atoms with Crippen LogP contribution in [-0.2, 0) is 10.8 Å². The summed E-state index contributed by atoms with van der Waals surface area (Å²) in [6.45, 7) is 2.32. The van der Waals surface area contributed by atoms with Crippen LogP contribution < -0.4 is 5.32 Å². The molecule has 2 aliphatic rings. The van der Waals surface area contributed by atoms with Gasteiger partial charge in [-0.3, -0.25) is 4.21 Å². The van der Waals surface area contributed by atoms with Crippen LogP contribution in [0.2, 0.25) is 0 Å². The fourth-order valence-electron chi connectivity index (χ4n) is 3.92. The molecule has 2 aliphatic carbocycles. The quantitative estimate of drug-likeness (QED) is 0.838. The van der Waals surface area contributed by atoms with Gasteiger partial charge in [0.2, 0.25) is 0 Å². The summed E-state index contributed by atoms with van der Waals surface area (Å²) in [5, 5.41) is 3.94. The average Bonchev–Trinajstić information content (AvgIpc) is 2.45. The fourth-order valence-corrected chi connectivity index (χ4v) is 5.96. The first-order valence-electron chi connectivity index (χ1n) is 8.25. The zero-order chi connectivity index (χ0) is 13.7. The van der Waals surface area contributed by atoms with Gasteiger partial charge in [-0.15, -0.1) is 0 Å². The van der Waals surface area contributed by atoms with Gasteiger partial charge in [0, 0.05) is 27.8 Å². The molecule has 2 nitrogen and oxygen atoms in total. The van der Waals surface area contributed by atoms with Crippen LogP contribution in [0.25, 0.3) is 0 Å². The molecule has 2 saturated carbocycles. The van der Waals surface area contributed by atoms with Crippen LogP contribution >= 0.6 is 0 Å². The molecular weight excluding hydrogens is 254 g/mol. The van der Waals surface area contributed by atoms with E-state index >= 15 is 0 Å². The molecular formula is C16H31NOS. The minimum atomic E-state index is -0.621. The summed E-state index contributed by atoms with van der Waals surface area (Å²) in [5.41, 5.74) is 0. The molecule has 0 radical (unpaired) electrons. The van der Waals surface area contributed by atoms with Crippen molar-refractivity contribution in [2.45, 2.75) is 76.0 Å². The molecule has 0 amide bonds. The van der Waals surface area contributed by atoms with Crippen LogP contribution in [0.4, 0.5) is 0 Å². The van der Waals surface area contributed by atoms with E-state index in [1.807, 2.05) is 0 Å². The monoisotopic (exact) mass is 285 g/mol. The molecule has 0 heterocycles. The summed E-state index contributed by atoms with van der Waals surface area (Å²) < 4.78 is 12.6. The molecule has 112 valence electrons. The van der Waals surface area contributed by atoms with E-state index in [1.165, 1.54) is 57.8 Å². The second-order valence-electron chi connectivity index (χ2n) is 6.73. The molecule has 0 spiro atoms. The fraction of sp³-hybridized carbons (Fsp3) is 1.00. The molecule has 1 N–H and O–H groups in total. The Morgan fingerprint density at radius 3 is 2.47 bits per heavy atom. The van der Waals surface area contributed by atoms with E-state index < -0.39 is 10.8 Å². The highest BCUT2D eigenvalue weighted by Gasteiger charge is 2.29. The SMILES string of the molecule is CNC(CS(=O)C1CCCC(C)C1)C1CCCCC1. The molecule has 0 saturated heterocycles. The first kappa shape index (κ1) is 15.5. The van der Waals surface area contributed by atoms with E-state index in [4.69, 9.17) is 0 Å². The van der Waals surface area contributed by atoms with Crippen LogP contribution in [0.1, 0.15) is 64.7 Å². The lowest BCUT2D eigenvalue weighted by Gasteiger charge is -2.32. The predicted molar refractivity (Wildman–Crippen MR) is 83.9 cm³/mol. The van der Waals surface area contributed by atoms with Crippen LogP contribution in [0.3, 0.4) is 0 Å². The molecule has 3 heteroatoms. The summed E-state index contributed by atoms with van der Waals surface area (Å²) >= 11 is 0. The van der Waals surface area contributed by atoms with E-state index in [1.54, 1.807) is 0 Å². The maximum atomic E-state index is 12.6. The molecule has 0 aromatic heterocycles. The molecule has 0 aromatic rings. The zero-order valence-corrected chi connectivity index (χ0v) is 13.5. The Morgan fingerprint density at radius 2 is 1.84 bits per heavy atom. The second-order valence-corrected chi connectivity index (χ2v) is 8.50. The Labute approximate surface area is 121 Å². The van der Waals surface area contributed by atoms with Gasteiger partial charge in [0.1, 0.15) is 0 Å². The molecule has 0 aromatic carbocycles. The van der Waals surface area contributed by atoms with Crippen LogP contribution in [0, 0.1) is 11.8 Å². The van der Waals surface area contributed by atoms with Crippen LogP contribution in [0.15, 0.2) is 0 Å². The summed E-state index contributed by atoms with van der Waals surface area (Å²) in [5.74, 6) is 2.44. The molecule has 2 rings (SSSR count). The Balaban J connectivity index is 1.84. The molecule has 19 heavy (non-hydrogen) atoms. The van der Waals surface area contributed by atoms with Crippen molar-refractivity contribution in [2.75, 3.05) is 12.8 Å². The van der Waals surface area contributed by atoms with Gasteiger partial charge in [0.25, 0.3) is 0 Å². The standard InChI is InChI=1S/C16H31NOS/c1-13-7-6-10-15(11-13)19(18)12-16(17-2)14-8-4-3-5-9-14/h13-17H,3-12H2,1-2H3. The smallest absolute Gasteiger partial charge is 0.0394 e. The van der Waals surface area contributed by atoms with Crippen molar-refractivity contribution < 1.29 is 4.21 Å². The van der Waals surface area contributed by atoms with Gasteiger partial charge >= 0.3 is 0 Å².